The van der Waals surface area contributed by atoms with Crippen molar-refractivity contribution in [2.24, 2.45) is 7.05 Å². The summed E-state index contributed by atoms with van der Waals surface area (Å²) in [6, 6.07) is 11.6. The van der Waals surface area contributed by atoms with Gasteiger partial charge in [0.15, 0.2) is 12.1 Å². The fourth-order valence-electron chi connectivity index (χ4n) is 7.18. The lowest BCUT2D eigenvalue weighted by Crippen LogP contribution is -2.59. The summed E-state index contributed by atoms with van der Waals surface area (Å²) in [6.45, 7) is 4.59. The Balaban J connectivity index is 1.22. The maximum Gasteiger partial charge on any atom is 0.280 e. The van der Waals surface area contributed by atoms with E-state index in [-0.39, 0.29) is 22.5 Å². The van der Waals surface area contributed by atoms with E-state index in [2.05, 4.69) is 19.9 Å². The van der Waals surface area contributed by atoms with Crippen LogP contribution in [-0.2, 0) is 24.6 Å². The molecule has 0 saturated carbocycles. The standard InChI is InChI=1S/C35H36N8O4/c1-38-20-25(19-31(34(38)45)43(32-8-4-5-10-36-32)40-14-12-39(13-15-40)26-22-47-23-26)27-9-11-37-33(28(27)21-44)42-17-16-41-29-7-3-2-6-24(29)18-30(41)35(42)46/h4-5,8-11,16-21,26H,2-3,6-7,12-15,22-23H2,1H3. The third-order valence-electron chi connectivity index (χ3n) is 9.74. The van der Waals surface area contributed by atoms with Crippen molar-refractivity contribution in [1.82, 2.24) is 33.4 Å². The van der Waals surface area contributed by atoms with Crippen LogP contribution in [0.3, 0.4) is 0 Å². The maximum absolute atomic E-state index is 13.8. The normalized spacial score (nSPS) is 17.4. The summed E-state index contributed by atoms with van der Waals surface area (Å²) in [4.78, 5) is 52.1. The maximum atomic E-state index is 13.8. The van der Waals surface area contributed by atoms with E-state index in [1.165, 1.54) is 20.4 Å². The number of aldehydes is 1. The molecule has 5 aromatic rings. The number of carbonyl (C=O) groups is 1. The van der Waals surface area contributed by atoms with E-state index in [9.17, 15) is 14.4 Å². The third kappa shape index (κ3) is 5.09. The second-order valence-corrected chi connectivity index (χ2v) is 12.5. The lowest BCUT2D eigenvalue weighted by Gasteiger charge is -2.45. The SMILES string of the molecule is Cn1cc(-c2ccnc(-n3ccn4c5c(cc4c3=O)CCCC5)c2C=O)cc(N(c2ccccn2)N2CCN(C3COC3)CC2)c1=O. The van der Waals surface area contributed by atoms with Crippen molar-refractivity contribution >= 4 is 23.3 Å². The number of nitrogens with zero attached hydrogens (tertiary/aromatic N) is 8. The highest BCUT2D eigenvalue weighted by molar-refractivity contribution is 5.91. The molecule has 2 fully saturated rings. The largest absolute Gasteiger partial charge is 0.378 e. The first-order chi connectivity index (χ1) is 23.0. The number of aromatic nitrogens is 5. The molecule has 2 aliphatic heterocycles. The molecule has 0 aromatic carbocycles. The molecule has 5 aromatic heterocycles. The molecule has 0 radical (unpaired) electrons. The van der Waals surface area contributed by atoms with Gasteiger partial charge in [-0.15, -0.1) is 0 Å². The van der Waals surface area contributed by atoms with Crippen molar-refractivity contribution in [3.8, 4) is 16.9 Å². The number of fused-ring (bicyclic) bond motifs is 3. The van der Waals surface area contributed by atoms with Crippen LogP contribution in [0.2, 0.25) is 0 Å². The number of hydrogen-bond acceptors (Lipinski definition) is 9. The van der Waals surface area contributed by atoms with E-state index in [0.29, 0.717) is 47.3 Å². The van der Waals surface area contributed by atoms with Crippen LogP contribution < -0.4 is 16.1 Å². The Kier molecular flexibility index (Phi) is 7.55. The number of carbonyl (C=O) groups excluding carboxylic acids is 1. The minimum absolute atomic E-state index is 0.199. The molecular formula is C35H36N8O4. The van der Waals surface area contributed by atoms with E-state index in [1.54, 1.807) is 37.9 Å². The summed E-state index contributed by atoms with van der Waals surface area (Å²) in [5.41, 5.74) is 4.42. The van der Waals surface area contributed by atoms with Crippen molar-refractivity contribution in [2.45, 2.75) is 31.7 Å². The van der Waals surface area contributed by atoms with Gasteiger partial charge in [-0.05, 0) is 67.1 Å². The van der Waals surface area contributed by atoms with Crippen LogP contribution in [0, 0.1) is 0 Å². The topological polar surface area (TPSA) is 110 Å². The number of aryl methyl sites for hydroxylation is 3. The molecule has 0 bridgehead atoms. The predicted octanol–water partition coefficient (Wildman–Crippen LogP) is 3.01. The van der Waals surface area contributed by atoms with Crippen LogP contribution in [0.5, 0.6) is 0 Å². The molecule has 12 nitrogen and oxygen atoms in total. The zero-order chi connectivity index (χ0) is 32.1. The van der Waals surface area contributed by atoms with Crippen LogP contribution in [0.1, 0.15) is 34.5 Å². The molecule has 0 amide bonds. The summed E-state index contributed by atoms with van der Waals surface area (Å²) in [6.07, 6.45) is 13.5. The first-order valence-electron chi connectivity index (χ1n) is 16.2. The zero-order valence-electron chi connectivity index (χ0n) is 26.3. The molecule has 0 spiro atoms. The van der Waals surface area contributed by atoms with Crippen molar-refractivity contribution in [2.75, 3.05) is 44.4 Å². The van der Waals surface area contributed by atoms with Gasteiger partial charge in [0.2, 0.25) is 0 Å². The molecule has 8 rings (SSSR count). The van der Waals surface area contributed by atoms with Crippen molar-refractivity contribution < 1.29 is 9.53 Å². The van der Waals surface area contributed by atoms with Crippen LogP contribution in [0.15, 0.2) is 77.0 Å². The van der Waals surface area contributed by atoms with Gasteiger partial charge in [0, 0.05) is 75.5 Å². The summed E-state index contributed by atoms with van der Waals surface area (Å²) >= 11 is 0. The molecular weight excluding hydrogens is 596 g/mol. The van der Waals surface area contributed by atoms with Crippen LogP contribution in [0.25, 0.3) is 22.5 Å². The van der Waals surface area contributed by atoms with Gasteiger partial charge in [-0.1, -0.05) is 6.07 Å². The second-order valence-electron chi connectivity index (χ2n) is 12.5. The number of ether oxygens (including phenoxy) is 1. The van der Waals surface area contributed by atoms with Gasteiger partial charge in [0.25, 0.3) is 11.1 Å². The zero-order valence-corrected chi connectivity index (χ0v) is 26.3. The Morgan fingerprint density at radius 3 is 2.51 bits per heavy atom. The predicted molar refractivity (Wildman–Crippen MR) is 178 cm³/mol. The Morgan fingerprint density at radius 1 is 0.936 bits per heavy atom. The minimum atomic E-state index is -0.232. The highest BCUT2D eigenvalue weighted by Crippen LogP contribution is 2.31. The summed E-state index contributed by atoms with van der Waals surface area (Å²) in [5.74, 6) is 0.875. The Morgan fingerprint density at radius 2 is 1.77 bits per heavy atom. The van der Waals surface area contributed by atoms with E-state index in [0.717, 1.165) is 58.3 Å². The van der Waals surface area contributed by atoms with Crippen LogP contribution >= 0.6 is 0 Å². The van der Waals surface area contributed by atoms with Gasteiger partial charge in [0.05, 0.1) is 24.8 Å². The molecule has 7 heterocycles. The van der Waals surface area contributed by atoms with Crippen LogP contribution in [0.4, 0.5) is 11.5 Å². The summed E-state index contributed by atoms with van der Waals surface area (Å²) in [7, 11) is 1.70. The van der Waals surface area contributed by atoms with E-state index in [1.807, 2.05) is 45.9 Å². The average Bonchev–Trinajstić information content (AvgIpc) is 3.47. The number of anilines is 2. The average molecular weight is 633 g/mol. The highest BCUT2D eigenvalue weighted by Gasteiger charge is 2.32. The number of piperazine rings is 1. The highest BCUT2D eigenvalue weighted by atomic mass is 16.5. The van der Waals surface area contributed by atoms with E-state index in [4.69, 9.17) is 4.74 Å². The number of rotatable bonds is 7. The van der Waals surface area contributed by atoms with Gasteiger partial charge in [0.1, 0.15) is 17.0 Å². The molecule has 3 aliphatic rings. The van der Waals surface area contributed by atoms with Crippen molar-refractivity contribution in [3.63, 3.8) is 0 Å². The molecule has 47 heavy (non-hydrogen) atoms. The fraction of sp³-hybridized carbons (Fsp3) is 0.343. The number of hydrazine groups is 1. The van der Waals surface area contributed by atoms with E-state index >= 15 is 0 Å². The molecule has 0 atom stereocenters. The lowest BCUT2D eigenvalue weighted by atomic mass is 9.98. The second kappa shape index (κ2) is 12.0. The smallest absolute Gasteiger partial charge is 0.280 e. The van der Waals surface area contributed by atoms with Gasteiger partial charge in [-0.3, -0.25) is 28.9 Å². The Hall–Kier alpha value is -4.91. The molecule has 1 aliphatic carbocycles. The molecule has 2 saturated heterocycles. The monoisotopic (exact) mass is 632 g/mol. The minimum Gasteiger partial charge on any atom is -0.378 e. The number of hydrogen-bond donors (Lipinski definition) is 0. The molecule has 12 heteroatoms. The first kappa shape index (κ1) is 29.5. The third-order valence-corrected chi connectivity index (χ3v) is 9.74. The quantitative estimate of drug-likeness (QED) is 0.250. The van der Waals surface area contributed by atoms with Gasteiger partial charge in [-0.2, -0.15) is 0 Å². The van der Waals surface area contributed by atoms with Gasteiger partial charge in [-0.25, -0.2) is 15.0 Å². The Bertz CT molecular complexity index is 2090. The van der Waals surface area contributed by atoms with Gasteiger partial charge >= 0.3 is 0 Å². The van der Waals surface area contributed by atoms with Crippen molar-refractivity contribution in [1.29, 1.82) is 0 Å². The molecule has 0 unspecified atom stereocenters. The first-order valence-corrected chi connectivity index (χ1v) is 16.2. The summed E-state index contributed by atoms with van der Waals surface area (Å²) < 4.78 is 10.4. The summed E-state index contributed by atoms with van der Waals surface area (Å²) in [5, 5.41) is 4.05. The van der Waals surface area contributed by atoms with Crippen molar-refractivity contribution in [3.05, 3.63) is 105 Å². The van der Waals surface area contributed by atoms with Crippen LogP contribution in [-0.4, -0.2) is 85.1 Å². The molecule has 240 valence electrons. The Labute approximate surface area is 271 Å². The molecule has 0 N–H and O–H groups in total. The lowest BCUT2D eigenvalue weighted by molar-refractivity contribution is -0.0769. The van der Waals surface area contributed by atoms with Gasteiger partial charge < -0.3 is 13.7 Å². The fourth-order valence-corrected chi connectivity index (χ4v) is 7.18. The van der Waals surface area contributed by atoms with E-state index < -0.39 is 0 Å². The number of pyridine rings is 3.